The molecule has 0 aromatic heterocycles. The van der Waals surface area contributed by atoms with Crippen LogP contribution in [0.1, 0.15) is 0 Å². The lowest BCUT2D eigenvalue weighted by molar-refractivity contribution is 1.57. The fourth-order valence-corrected chi connectivity index (χ4v) is 14.7. The Morgan fingerprint density at radius 1 is 0.132 bits per heavy atom. The number of benzene rings is 15. The van der Waals surface area contributed by atoms with Crippen molar-refractivity contribution in [1.82, 2.24) is 0 Å². The maximum absolute atomic E-state index is 2.55. The van der Waals surface area contributed by atoms with Crippen LogP contribution < -0.4 is 0 Å². The summed E-state index contributed by atoms with van der Waals surface area (Å²) in [6.07, 6.45) is 0. The van der Waals surface area contributed by atoms with Crippen LogP contribution in [0, 0.1) is 0 Å². The topological polar surface area (TPSA) is 0 Å². The molecule has 1 aliphatic carbocycles. The molecule has 0 heteroatoms. The molecule has 0 aliphatic heterocycles. The minimum Gasteiger partial charge on any atom is -0.0622 e. The van der Waals surface area contributed by atoms with Gasteiger partial charge < -0.3 is 0 Å². The van der Waals surface area contributed by atoms with Crippen molar-refractivity contribution in [3.8, 4) is 77.9 Å². The van der Waals surface area contributed by atoms with Crippen molar-refractivity contribution < 1.29 is 0 Å². The van der Waals surface area contributed by atoms with Gasteiger partial charge in [0.25, 0.3) is 0 Å². The lowest BCUT2D eigenvalue weighted by Crippen LogP contribution is -1.91. The fourth-order valence-electron chi connectivity index (χ4n) is 14.7. The first kappa shape index (κ1) is 40.6. The second-order valence-corrected chi connectivity index (χ2v) is 21.2. The Morgan fingerprint density at radius 2 is 0.513 bits per heavy atom. The predicted octanol–water partition coefficient (Wildman–Crippen LogP) is 21.5. The van der Waals surface area contributed by atoms with Crippen LogP contribution in [0.3, 0.4) is 0 Å². The molecule has 76 heavy (non-hydrogen) atoms. The highest BCUT2D eigenvalue weighted by atomic mass is 14.3. The van der Waals surface area contributed by atoms with Gasteiger partial charge in [-0.1, -0.05) is 249 Å². The van der Waals surface area contributed by atoms with E-state index in [-0.39, 0.29) is 0 Å². The van der Waals surface area contributed by atoms with E-state index in [0.29, 0.717) is 0 Å². The Morgan fingerprint density at radius 3 is 1.14 bits per heavy atom. The van der Waals surface area contributed by atoms with Crippen molar-refractivity contribution in [2.24, 2.45) is 0 Å². The first-order valence-electron chi connectivity index (χ1n) is 26.7. The molecular weight excluding hydrogens is 913 g/mol. The zero-order valence-corrected chi connectivity index (χ0v) is 41.2. The third-order valence-corrected chi connectivity index (χ3v) is 17.6. The average molecular weight is 955 g/mol. The van der Waals surface area contributed by atoms with E-state index in [1.165, 1.54) is 186 Å². The van der Waals surface area contributed by atoms with Crippen molar-refractivity contribution in [1.29, 1.82) is 0 Å². The Hall–Kier alpha value is -9.88. The van der Waals surface area contributed by atoms with Gasteiger partial charge in [-0.3, -0.25) is 0 Å². The van der Waals surface area contributed by atoms with E-state index in [4.69, 9.17) is 0 Å². The van der Waals surface area contributed by atoms with E-state index in [1.807, 2.05) is 0 Å². The molecule has 0 fully saturated rings. The molecule has 18 rings (SSSR count). The Balaban J connectivity index is 0.988. The standard InChI is InChI=1S/C76H42/c1-5-18-43(19-6-1)47-26-13-14-27-49(47)53-33-32-48(44-20-7-2-8-21-44)68-59-38-34-54-56-36-40-61-73-62(41-37-57(70(56)73)55-35-39-60(71(53)68)72(59)69(54)55)76-66(46-24-11-4-12-25-46)74-58-31-17-30-52-50-28-15-16-29-51(50)63(67(52)58)42-64(74)65(75(61)76)45-22-9-3-10-23-45/h1-42H. The summed E-state index contributed by atoms with van der Waals surface area (Å²) in [7, 11) is 0. The molecular formula is C76H42. The summed E-state index contributed by atoms with van der Waals surface area (Å²) >= 11 is 0. The number of fused-ring (bicyclic) bond motifs is 13. The Labute approximate surface area is 438 Å². The molecule has 17 aromatic rings. The van der Waals surface area contributed by atoms with Crippen molar-refractivity contribution in [3.05, 3.63) is 255 Å². The second-order valence-electron chi connectivity index (χ2n) is 21.2. The fraction of sp³-hybridized carbons (Fsp3) is 0. The van der Waals surface area contributed by atoms with E-state index < -0.39 is 0 Å². The van der Waals surface area contributed by atoms with Crippen LogP contribution in [0.15, 0.2) is 255 Å². The molecule has 0 atom stereocenters. The normalized spacial score (nSPS) is 12.5. The van der Waals surface area contributed by atoms with Crippen molar-refractivity contribution in [2.45, 2.75) is 0 Å². The summed E-state index contributed by atoms with van der Waals surface area (Å²) in [6, 6.07) is 96.3. The average Bonchev–Trinajstić information content (AvgIpc) is 4.27. The lowest BCUT2D eigenvalue weighted by Gasteiger charge is -2.19. The Bertz CT molecular complexity index is 5260. The van der Waals surface area contributed by atoms with Gasteiger partial charge in [-0.15, -0.1) is 0 Å². The number of hydrogen-bond acceptors (Lipinski definition) is 0. The van der Waals surface area contributed by atoms with Gasteiger partial charge in [-0.25, -0.2) is 0 Å². The van der Waals surface area contributed by atoms with Crippen LogP contribution in [0.4, 0.5) is 0 Å². The Kier molecular flexibility index (Phi) is 7.95. The quantitative estimate of drug-likeness (QED) is 0.119. The van der Waals surface area contributed by atoms with Gasteiger partial charge in [0.15, 0.2) is 0 Å². The first-order chi connectivity index (χ1) is 37.8. The maximum atomic E-state index is 2.55. The van der Waals surface area contributed by atoms with Gasteiger partial charge in [0.2, 0.25) is 0 Å². The lowest BCUT2D eigenvalue weighted by atomic mass is 9.84. The molecule has 0 radical (unpaired) electrons. The molecule has 0 heterocycles. The third-order valence-electron chi connectivity index (χ3n) is 17.6. The second kappa shape index (κ2) is 14.9. The van der Waals surface area contributed by atoms with Gasteiger partial charge in [0.05, 0.1) is 0 Å². The minimum absolute atomic E-state index is 1.22. The molecule has 1 aliphatic rings. The van der Waals surface area contributed by atoms with Crippen molar-refractivity contribution in [3.63, 3.8) is 0 Å². The molecule has 346 valence electrons. The monoisotopic (exact) mass is 954 g/mol. The van der Waals surface area contributed by atoms with Gasteiger partial charge >= 0.3 is 0 Å². The van der Waals surface area contributed by atoms with E-state index in [1.54, 1.807) is 0 Å². The SMILES string of the molecule is c1ccc(-c2ccccc2-c2ccc(-c3ccccc3)c3c2-c2ccc4c5ccc6c7c(-c8ccccc8)c8c(cc9c%10ccccc%10c%10cccc8c%109)c(-c8ccccc8)c7c7ccc(c8ccc-3c2c84)c5c76)cc1. The summed E-state index contributed by atoms with van der Waals surface area (Å²) in [4.78, 5) is 0. The molecule has 0 amide bonds. The van der Waals surface area contributed by atoms with Crippen molar-refractivity contribution >= 4 is 108 Å². The van der Waals surface area contributed by atoms with E-state index in [9.17, 15) is 0 Å². The molecule has 0 spiro atoms. The summed E-state index contributed by atoms with van der Waals surface area (Å²) in [5, 5.41) is 26.5. The zero-order valence-electron chi connectivity index (χ0n) is 41.2. The van der Waals surface area contributed by atoms with Gasteiger partial charge in [0.1, 0.15) is 0 Å². The van der Waals surface area contributed by atoms with Crippen LogP contribution in [-0.4, -0.2) is 0 Å². The van der Waals surface area contributed by atoms with Gasteiger partial charge in [-0.2, -0.15) is 0 Å². The largest absolute Gasteiger partial charge is 0.0622 e. The van der Waals surface area contributed by atoms with Crippen molar-refractivity contribution in [2.75, 3.05) is 0 Å². The first-order valence-corrected chi connectivity index (χ1v) is 26.7. The summed E-state index contributed by atoms with van der Waals surface area (Å²) in [5.41, 5.74) is 17.8. The number of rotatable bonds is 5. The minimum atomic E-state index is 1.22. The summed E-state index contributed by atoms with van der Waals surface area (Å²) in [6.45, 7) is 0. The highest BCUT2D eigenvalue weighted by molar-refractivity contribution is 6.49. The zero-order chi connectivity index (χ0) is 49.3. The highest BCUT2D eigenvalue weighted by Crippen LogP contribution is 2.60. The summed E-state index contributed by atoms with van der Waals surface area (Å²) in [5.74, 6) is 0. The van der Waals surface area contributed by atoms with Crippen LogP contribution in [0.2, 0.25) is 0 Å². The van der Waals surface area contributed by atoms with Crippen LogP contribution >= 0.6 is 0 Å². The molecule has 0 unspecified atom stereocenters. The molecule has 0 nitrogen and oxygen atoms in total. The van der Waals surface area contributed by atoms with E-state index >= 15 is 0 Å². The van der Waals surface area contributed by atoms with E-state index in [0.717, 1.165) is 0 Å². The highest BCUT2D eigenvalue weighted by Gasteiger charge is 2.32. The van der Waals surface area contributed by atoms with Gasteiger partial charge in [0, 0.05) is 0 Å². The molecule has 0 saturated heterocycles. The van der Waals surface area contributed by atoms with E-state index in [2.05, 4.69) is 255 Å². The van der Waals surface area contributed by atoms with Gasteiger partial charge in [-0.05, 0) is 192 Å². The molecule has 0 N–H and O–H groups in total. The molecule has 0 bridgehead atoms. The van der Waals surface area contributed by atoms with Crippen LogP contribution in [0.5, 0.6) is 0 Å². The predicted molar refractivity (Wildman–Crippen MR) is 327 cm³/mol. The molecule has 0 saturated carbocycles. The van der Waals surface area contributed by atoms with Crippen LogP contribution in [-0.2, 0) is 0 Å². The smallest absolute Gasteiger partial charge is 0.000718 e. The molecule has 17 aromatic carbocycles. The summed E-state index contributed by atoms with van der Waals surface area (Å²) < 4.78 is 0. The third kappa shape index (κ3) is 5.13. The number of hydrogen-bond donors (Lipinski definition) is 0. The van der Waals surface area contributed by atoms with Crippen LogP contribution in [0.25, 0.3) is 186 Å². The maximum Gasteiger partial charge on any atom is -0.000718 e.